The lowest BCUT2D eigenvalue weighted by molar-refractivity contribution is 0.0178. The Balaban J connectivity index is 1.70. The third-order valence-corrected chi connectivity index (χ3v) is 6.16. The van der Waals surface area contributed by atoms with Crippen LogP contribution in [0.15, 0.2) is 0 Å². The maximum Gasteiger partial charge on any atom is 0.153 e. The molecule has 6 heteroatoms. The van der Waals surface area contributed by atoms with Crippen molar-refractivity contribution in [3.05, 3.63) is 0 Å². The predicted molar refractivity (Wildman–Crippen MR) is 85.3 cm³/mol. The fourth-order valence-electron chi connectivity index (χ4n) is 3.16. The molecule has 0 aliphatic carbocycles. The van der Waals surface area contributed by atoms with Gasteiger partial charge in [-0.15, -0.1) is 0 Å². The molecular formula is C15H30N2O3S. The van der Waals surface area contributed by atoms with Gasteiger partial charge in [-0.05, 0) is 32.2 Å². The van der Waals surface area contributed by atoms with E-state index in [1.165, 1.54) is 0 Å². The Morgan fingerprint density at radius 1 is 1.29 bits per heavy atom. The van der Waals surface area contributed by atoms with E-state index in [0.29, 0.717) is 30.1 Å². The topological polar surface area (TPSA) is 58.6 Å². The van der Waals surface area contributed by atoms with Gasteiger partial charge in [0, 0.05) is 25.7 Å². The number of hydrogen-bond acceptors (Lipinski definition) is 5. The zero-order chi connectivity index (χ0) is 15.5. The lowest BCUT2D eigenvalue weighted by atomic mass is 10.1. The number of hydrogen-bond donors (Lipinski definition) is 1. The maximum absolute atomic E-state index is 11.6. The predicted octanol–water partition coefficient (Wildman–Crippen LogP) is 0.899. The van der Waals surface area contributed by atoms with Crippen molar-refractivity contribution < 1.29 is 13.2 Å². The highest BCUT2D eigenvalue weighted by Gasteiger charge is 2.32. The van der Waals surface area contributed by atoms with Crippen LogP contribution in [0.2, 0.25) is 0 Å². The van der Waals surface area contributed by atoms with Gasteiger partial charge >= 0.3 is 0 Å². The fourth-order valence-corrected chi connectivity index (χ4v) is 4.79. The first kappa shape index (κ1) is 17.2. The molecule has 0 bridgehead atoms. The highest BCUT2D eigenvalue weighted by atomic mass is 32.2. The van der Waals surface area contributed by atoms with Gasteiger partial charge in [0.1, 0.15) is 0 Å². The highest BCUT2D eigenvalue weighted by Crippen LogP contribution is 2.22. The monoisotopic (exact) mass is 318 g/mol. The Hall–Kier alpha value is -0.170. The van der Waals surface area contributed by atoms with Crippen LogP contribution in [0.5, 0.6) is 0 Å². The molecule has 5 nitrogen and oxygen atoms in total. The summed E-state index contributed by atoms with van der Waals surface area (Å²) in [5, 5.41) is 3.45. The number of sulfone groups is 1. The molecule has 0 spiro atoms. The van der Waals surface area contributed by atoms with Crippen LogP contribution in [0.3, 0.4) is 0 Å². The van der Waals surface area contributed by atoms with E-state index in [2.05, 4.69) is 24.1 Å². The molecule has 2 fully saturated rings. The number of nitrogens with one attached hydrogen (secondary N) is 1. The van der Waals surface area contributed by atoms with E-state index in [1.807, 2.05) is 6.92 Å². The number of rotatable bonds is 6. The molecule has 0 aromatic rings. The number of ether oxygens (including phenoxy) is 1. The first-order valence-corrected chi connectivity index (χ1v) is 9.98. The van der Waals surface area contributed by atoms with Gasteiger partial charge in [0.2, 0.25) is 0 Å². The van der Waals surface area contributed by atoms with Crippen molar-refractivity contribution in [2.24, 2.45) is 5.92 Å². The van der Waals surface area contributed by atoms with E-state index in [4.69, 9.17) is 4.74 Å². The van der Waals surface area contributed by atoms with Crippen LogP contribution in [0.1, 0.15) is 33.6 Å². The Kier molecular flexibility index (Phi) is 6.05. The summed E-state index contributed by atoms with van der Waals surface area (Å²) in [7, 11) is -2.82. The second kappa shape index (κ2) is 7.40. The summed E-state index contributed by atoms with van der Waals surface area (Å²) in [6, 6.07) is 0.116. The van der Waals surface area contributed by atoms with Gasteiger partial charge in [0.05, 0.1) is 23.7 Å². The average Bonchev–Trinajstić information content (AvgIpc) is 2.79. The molecule has 0 radical (unpaired) electrons. The Morgan fingerprint density at radius 3 is 2.67 bits per heavy atom. The third kappa shape index (κ3) is 5.51. The molecule has 3 unspecified atom stereocenters. The van der Waals surface area contributed by atoms with Crippen molar-refractivity contribution >= 4 is 9.84 Å². The lowest BCUT2D eigenvalue weighted by Crippen LogP contribution is -2.49. The van der Waals surface area contributed by atoms with Crippen molar-refractivity contribution in [3.63, 3.8) is 0 Å². The Labute approximate surface area is 129 Å². The van der Waals surface area contributed by atoms with Crippen LogP contribution in [-0.4, -0.2) is 69.3 Å². The molecule has 0 amide bonds. The van der Waals surface area contributed by atoms with E-state index in [0.717, 1.165) is 32.5 Å². The standard InChI is InChI=1S/C15H30N2O3S/c1-12(2)8-16-9-14-4-5-15(20-14)10-17-6-7-21(18,19)11-13(17)3/h12-16H,4-11H2,1-3H3. The van der Waals surface area contributed by atoms with Gasteiger partial charge in [-0.25, -0.2) is 8.42 Å². The van der Waals surface area contributed by atoms with Crippen LogP contribution in [0.25, 0.3) is 0 Å². The summed E-state index contributed by atoms with van der Waals surface area (Å²) in [5.41, 5.74) is 0. The van der Waals surface area contributed by atoms with Crippen LogP contribution in [0.4, 0.5) is 0 Å². The molecule has 124 valence electrons. The summed E-state index contributed by atoms with van der Waals surface area (Å²) in [4.78, 5) is 2.27. The van der Waals surface area contributed by atoms with Crippen molar-refractivity contribution in [3.8, 4) is 0 Å². The third-order valence-electron chi connectivity index (χ3n) is 4.37. The average molecular weight is 318 g/mol. The van der Waals surface area contributed by atoms with Crippen LogP contribution in [-0.2, 0) is 14.6 Å². The van der Waals surface area contributed by atoms with Crippen LogP contribution >= 0.6 is 0 Å². The summed E-state index contributed by atoms with van der Waals surface area (Å²) >= 11 is 0. The molecular weight excluding hydrogens is 288 g/mol. The fraction of sp³-hybridized carbons (Fsp3) is 1.00. The Morgan fingerprint density at radius 2 is 2.00 bits per heavy atom. The number of nitrogens with zero attached hydrogens (tertiary/aromatic N) is 1. The molecule has 0 saturated carbocycles. The van der Waals surface area contributed by atoms with E-state index in [-0.39, 0.29) is 12.1 Å². The smallest absolute Gasteiger partial charge is 0.153 e. The molecule has 3 atom stereocenters. The van der Waals surface area contributed by atoms with Crippen LogP contribution in [0, 0.1) is 5.92 Å². The molecule has 2 saturated heterocycles. The molecule has 0 aromatic carbocycles. The zero-order valence-electron chi connectivity index (χ0n) is 13.5. The quantitative estimate of drug-likeness (QED) is 0.788. The minimum atomic E-state index is -2.82. The summed E-state index contributed by atoms with van der Waals surface area (Å²) in [6.45, 7) is 9.91. The molecule has 2 rings (SSSR count). The zero-order valence-corrected chi connectivity index (χ0v) is 14.4. The first-order valence-electron chi connectivity index (χ1n) is 8.16. The van der Waals surface area contributed by atoms with Gasteiger partial charge in [0.15, 0.2) is 9.84 Å². The summed E-state index contributed by atoms with van der Waals surface area (Å²) in [6.07, 6.45) is 2.77. The van der Waals surface area contributed by atoms with Gasteiger partial charge in [-0.2, -0.15) is 0 Å². The molecule has 2 aliphatic heterocycles. The molecule has 0 aromatic heterocycles. The molecule has 21 heavy (non-hydrogen) atoms. The van der Waals surface area contributed by atoms with Crippen molar-refractivity contribution in [2.75, 3.05) is 37.7 Å². The largest absolute Gasteiger partial charge is 0.372 e. The summed E-state index contributed by atoms with van der Waals surface area (Å²) in [5.74, 6) is 1.25. The maximum atomic E-state index is 11.6. The van der Waals surface area contributed by atoms with Gasteiger partial charge in [-0.1, -0.05) is 13.8 Å². The molecule has 1 N–H and O–H groups in total. The van der Waals surface area contributed by atoms with Gasteiger partial charge in [0.25, 0.3) is 0 Å². The normalized spacial score (nSPS) is 33.6. The van der Waals surface area contributed by atoms with E-state index >= 15 is 0 Å². The second-order valence-electron chi connectivity index (χ2n) is 6.97. The van der Waals surface area contributed by atoms with E-state index in [9.17, 15) is 8.42 Å². The van der Waals surface area contributed by atoms with Crippen molar-refractivity contribution in [1.82, 2.24) is 10.2 Å². The van der Waals surface area contributed by atoms with E-state index in [1.54, 1.807) is 0 Å². The SMILES string of the molecule is CC(C)CNCC1CCC(CN2CCS(=O)(=O)CC2C)O1. The van der Waals surface area contributed by atoms with E-state index < -0.39 is 9.84 Å². The van der Waals surface area contributed by atoms with Crippen LogP contribution < -0.4 is 5.32 Å². The highest BCUT2D eigenvalue weighted by molar-refractivity contribution is 7.91. The summed E-state index contributed by atoms with van der Waals surface area (Å²) < 4.78 is 29.3. The molecule has 2 aliphatic rings. The van der Waals surface area contributed by atoms with Gasteiger partial charge in [-0.3, -0.25) is 4.90 Å². The van der Waals surface area contributed by atoms with Gasteiger partial charge < -0.3 is 10.1 Å². The van der Waals surface area contributed by atoms with Crippen molar-refractivity contribution in [2.45, 2.75) is 51.9 Å². The lowest BCUT2D eigenvalue weighted by Gasteiger charge is -2.34. The minimum Gasteiger partial charge on any atom is -0.372 e. The van der Waals surface area contributed by atoms with Crippen molar-refractivity contribution in [1.29, 1.82) is 0 Å². The Bertz CT molecular complexity index is 425. The minimum absolute atomic E-state index is 0.116. The molecule has 2 heterocycles. The second-order valence-corrected chi connectivity index (χ2v) is 9.20. The first-order chi connectivity index (χ1) is 9.85.